The Morgan fingerprint density at radius 3 is 1.93 bits per heavy atom. The summed E-state index contributed by atoms with van der Waals surface area (Å²) in [7, 11) is -3.84. The third-order valence-electron chi connectivity index (χ3n) is 4.61. The molecule has 2 atom stereocenters. The molecule has 0 aromatic heterocycles. The van der Waals surface area contributed by atoms with Gasteiger partial charge in [0.2, 0.25) is 15.9 Å². The van der Waals surface area contributed by atoms with Crippen LogP contribution in [-0.4, -0.2) is 20.4 Å². The van der Waals surface area contributed by atoms with E-state index in [1.807, 2.05) is 67.6 Å². The van der Waals surface area contributed by atoms with Crippen molar-refractivity contribution < 1.29 is 13.2 Å². The fraction of sp³-hybridized carbons (Fsp3) is 0.174. The molecular formula is C23H24N2O3S. The van der Waals surface area contributed by atoms with Crippen LogP contribution in [0.2, 0.25) is 0 Å². The Morgan fingerprint density at radius 2 is 1.34 bits per heavy atom. The van der Waals surface area contributed by atoms with Crippen molar-refractivity contribution in [3.05, 3.63) is 102 Å². The zero-order valence-electron chi connectivity index (χ0n) is 16.2. The lowest BCUT2D eigenvalue weighted by molar-refractivity contribution is -0.123. The predicted octanol–water partition coefficient (Wildman–Crippen LogP) is 3.45. The molecule has 3 aromatic rings. The van der Waals surface area contributed by atoms with E-state index in [1.165, 1.54) is 12.1 Å². The summed E-state index contributed by atoms with van der Waals surface area (Å²) in [4.78, 5) is 13.1. The zero-order valence-corrected chi connectivity index (χ0v) is 17.0. The molecule has 6 heteroatoms. The minimum Gasteiger partial charge on any atom is -0.348 e. The van der Waals surface area contributed by atoms with Gasteiger partial charge in [0, 0.05) is 0 Å². The maximum atomic E-state index is 13.0. The Bertz CT molecular complexity index is 1020. The number of amides is 1. The van der Waals surface area contributed by atoms with Gasteiger partial charge >= 0.3 is 0 Å². The van der Waals surface area contributed by atoms with Crippen molar-refractivity contribution in [2.24, 2.45) is 0 Å². The molecule has 3 aromatic carbocycles. The van der Waals surface area contributed by atoms with Crippen LogP contribution < -0.4 is 10.0 Å². The lowest BCUT2D eigenvalue weighted by atomic mass is 10.0. The first-order valence-electron chi connectivity index (χ1n) is 9.42. The molecule has 5 nitrogen and oxygen atoms in total. The smallest absolute Gasteiger partial charge is 0.241 e. The summed E-state index contributed by atoms with van der Waals surface area (Å²) >= 11 is 0. The molecule has 0 saturated heterocycles. The molecule has 0 aliphatic rings. The van der Waals surface area contributed by atoms with E-state index in [0.29, 0.717) is 0 Å². The highest BCUT2D eigenvalue weighted by atomic mass is 32.2. The molecule has 0 heterocycles. The second kappa shape index (κ2) is 9.49. The summed E-state index contributed by atoms with van der Waals surface area (Å²) in [6, 6.07) is 25.8. The molecule has 0 fully saturated rings. The molecule has 29 heavy (non-hydrogen) atoms. The van der Waals surface area contributed by atoms with Crippen molar-refractivity contribution in [2.45, 2.75) is 30.3 Å². The summed E-state index contributed by atoms with van der Waals surface area (Å²) in [6.07, 6.45) is 0.250. The van der Waals surface area contributed by atoms with E-state index >= 15 is 0 Å². The van der Waals surface area contributed by atoms with Crippen LogP contribution in [0, 0.1) is 0 Å². The van der Waals surface area contributed by atoms with E-state index in [9.17, 15) is 13.2 Å². The summed E-state index contributed by atoms with van der Waals surface area (Å²) in [5, 5.41) is 2.92. The highest BCUT2D eigenvalue weighted by Crippen LogP contribution is 2.14. The van der Waals surface area contributed by atoms with E-state index in [4.69, 9.17) is 0 Å². The van der Waals surface area contributed by atoms with Gasteiger partial charge in [-0.05, 0) is 36.6 Å². The van der Waals surface area contributed by atoms with Gasteiger partial charge in [-0.3, -0.25) is 4.79 Å². The fourth-order valence-corrected chi connectivity index (χ4v) is 4.25. The topological polar surface area (TPSA) is 75.3 Å². The Labute approximate surface area is 171 Å². The molecule has 2 N–H and O–H groups in total. The van der Waals surface area contributed by atoms with Crippen molar-refractivity contribution in [3.63, 3.8) is 0 Å². The average Bonchev–Trinajstić information content (AvgIpc) is 2.75. The second-order valence-corrected chi connectivity index (χ2v) is 8.53. The zero-order chi connectivity index (χ0) is 20.7. The molecule has 1 amide bonds. The second-order valence-electron chi connectivity index (χ2n) is 6.82. The number of hydrogen-bond donors (Lipinski definition) is 2. The van der Waals surface area contributed by atoms with Gasteiger partial charge in [0.1, 0.15) is 6.04 Å². The van der Waals surface area contributed by atoms with Crippen LogP contribution in [0.1, 0.15) is 24.1 Å². The van der Waals surface area contributed by atoms with Crippen molar-refractivity contribution in [2.75, 3.05) is 0 Å². The van der Waals surface area contributed by atoms with E-state index in [2.05, 4.69) is 10.0 Å². The minimum atomic E-state index is -3.84. The first-order valence-corrected chi connectivity index (χ1v) is 10.9. The van der Waals surface area contributed by atoms with E-state index < -0.39 is 16.1 Å². The standard InChI is InChI=1S/C23H24N2O3S/c1-18(20-13-7-3-8-14-20)24-23(26)22(17-19-11-5-2-6-12-19)25-29(27,28)21-15-9-4-10-16-21/h2-16,18,22,25H,17H2,1H3,(H,24,26)/t18-,22+/m0/s1. The summed E-state index contributed by atoms with van der Waals surface area (Å²) < 4.78 is 28.2. The number of sulfonamides is 1. The monoisotopic (exact) mass is 408 g/mol. The highest BCUT2D eigenvalue weighted by Gasteiger charge is 2.27. The minimum absolute atomic E-state index is 0.127. The number of benzene rings is 3. The summed E-state index contributed by atoms with van der Waals surface area (Å²) in [5.41, 5.74) is 1.82. The fourth-order valence-electron chi connectivity index (χ4n) is 3.03. The summed E-state index contributed by atoms with van der Waals surface area (Å²) in [6.45, 7) is 1.87. The molecule has 150 valence electrons. The van der Waals surface area contributed by atoms with Gasteiger partial charge in [0.25, 0.3) is 0 Å². The molecule has 0 aliphatic carbocycles. The van der Waals surface area contributed by atoms with Crippen molar-refractivity contribution in [1.82, 2.24) is 10.0 Å². The van der Waals surface area contributed by atoms with Crippen LogP contribution in [-0.2, 0) is 21.2 Å². The van der Waals surface area contributed by atoms with E-state index in [1.54, 1.807) is 18.2 Å². The molecule has 0 radical (unpaired) electrons. The van der Waals surface area contributed by atoms with Gasteiger partial charge in [-0.1, -0.05) is 78.9 Å². The van der Waals surface area contributed by atoms with Gasteiger partial charge in [-0.15, -0.1) is 0 Å². The van der Waals surface area contributed by atoms with Gasteiger partial charge in [0.05, 0.1) is 10.9 Å². The third-order valence-corrected chi connectivity index (χ3v) is 6.10. The van der Waals surface area contributed by atoms with Crippen LogP contribution >= 0.6 is 0 Å². The molecule has 3 rings (SSSR count). The maximum absolute atomic E-state index is 13.0. The van der Waals surface area contributed by atoms with E-state index in [0.717, 1.165) is 11.1 Å². The first kappa shape index (κ1) is 20.8. The van der Waals surface area contributed by atoms with Gasteiger partial charge in [-0.25, -0.2) is 8.42 Å². The lowest BCUT2D eigenvalue weighted by Gasteiger charge is -2.22. The van der Waals surface area contributed by atoms with Gasteiger partial charge in [-0.2, -0.15) is 4.72 Å². The lowest BCUT2D eigenvalue weighted by Crippen LogP contribution is -2.48. The Hall–Kier alpha value is -2.96. The van der Waals surface area contributed by atoms with Crippen molar-refractivity contribution in [3.8, 4) is 0 Å². The number of rotatable bonds is 8. The van der Waals surface area contributed by atoms with Gasteiger partial charge in [0.15, 0.2) is 0 Å². The average molecular weight is 409 g/mol. The molecule has 0 bridgehead atoms. The van der Waals surface area contributed by atoms with Gasteiger partial charge < -0.3 is 5.32 Å². The van der Waals surface area contributed by atoms with Crippen LogP contribution in [0.4, 0.5) is 0 Å². The Morgan fingerprint density at radius 1 is 0.828 bits per heavy atom. The summed E-state index contributed by atoms with van der Waals surface area (Å²) in [5.74, 6) is -0.371. The number of nitrogens with one attached hydrogen (secondary N) is 2. The normalized spacial score (nSPS) is 13.4. The number of hydrogen-bond acceptors (Lipinski definition) is 3. The largest absolute Gasteiger partial charge is 0.348 e. The van der Waals surface area contributed by atoms with E-state index in [-0.39, 0.29) is 23.3 Å². The maximum Gasteiger partial charge on any atom is 0.241 e. The van der Waals surface area contributed by atoms with Crippen LogP contribution in [0.25, 0.3) is 0 Å². The molecule has 0 spiro atoms. The van der Waals surface area contributed by atoms with Crippen LogP contribution in [0.5, 0.6) is 0 Å². The predicted molar refractivity (Wildman–Crippen MR) is 114 cm³/mol. The number of carbonyl (C=O) groups excluding carboxylic acids is 1. The van der Waals surface area contributed by atoms with Crippen LogP contribution in [0.15, 0.2) is 95.9 Å². The third kappa shape index (κ3) is 5.76. The molecule has 0 aliphatic heterocycles. The molecular weight excluding hydrogens is 384 g/mol. The van der Waals surface area contributed by atoms with Crippen LogP contribution in [0.3, 0.4) is 0 Å². The Kier molecular flexibility index (Phi) is 6.80. The molecule has 0 unspecified atom stereocenters. The Balaban J connectivity index is 1.81. The number of carbonyl (C=O) groups is 1. The van der Waals surface area contributed by atoms with Crippen molar-refractivity contribution >= 4 is 15.9 Å². The molecule has 0 saturated carbocycles. The first-order chi connectivity index (χ1) is 14.0. The highest BCUT2D eigenvalue weighted by molar-refractivity contribution is 7.89. The van der Waals surface area contributed by atoms with Crippen molar-refractivity contribution in [1.29, 1.82) is 0 Å². The SMILES string of the molecule is C[C@H](NC(=O)[C@@H](Cc1ccccc1)NS(=O)(=O)c1ccccc1)c1ccccc1. The quantitative estimate of drug-likeness (QED) is 0.599.